The third-order valence-electron chi connectivity index (χ3n) is 2.64. The lowest BCUT2D eigenvalue weighted by Crippen LogP contribution is -2.37. The zero-order valence-electron chi connectivity index (χ0n) is 10.4. The summed E-state index contributed by atoms with van der Waals surface area (Å²) in [6.45, 7) is 8.89. The maximum atomic E-state index is 11.0. The Morgan fingerprint density at radius 1 is 1.13 bits per heavy atom. The van der Waals surface area contributed by atoms with E-state index in [0.717, 1.165) is 25.9 Å². The van der Waals surface area contributed by atoms with Crippen molar-refractivity contribution in [2.24, 2.45) is 5.92 Å². The largest absolute Gasteiger partial charge is 0.343 e. The molecule has 3 nitrogen and oxygen atoms in total. The standard InChI is InChI=1S/C10H17NO2.C2H6/c1-8(12)7-10-3-5-11(6-4-10)9(2)13;1-2/h10H,3-7H2,1-2H3;1-2H3. The molecule has 1 amide bonds. The van der Waals surface area contributed by atoms with Crippen molar-refractivity contribution >= 4 is 11.7 Å². The van der Waals surface area contributed by atoms with Gasteiger partial charge >= 0.3 is 0 Å². The van der Waals surface area contributed by atoms with Gasteiger partial charge in [-0.1, -0.05) is 13.8 Å². The summed E-state index contributed by atoms with van der Waals surface area (Å²) in [6, 6.07) is 0. The van der Waals surface area contributed by atoms with Crippen LogP contribution in [0.2, 0.25) is 0 Å². The fourth-order valence-corrected chi connectivity index (χ4v) is 1.86. The Bertz CT molecular complexity index is 206. The molecular weight excluding hydrogens is 190 g/mol. The molecule has 0 aromatic heterocycles. The quantitative estimate of drug-likeness (QED) is 0.705. The van der Waals surface area contributed by atoms with Gasteiger partial charge < -0.3 is 9.69 Å². The summed E-state index contributed by atoms with van der Waals surface area (Å²) < 4.78 is 0. The summed E-state index contributed by atoms with van der Waals surface area (Å²) in [6.07, 6.45) is 2.66. The van der Waals surface area contributed by atoms with Crippen molar-refractivity contribution in [3.05, 3.63) is 0 Å². The van der Waals surface area contributed by atoms with Crippen LogP contribution in [0, 0.1) is 5.92 Å². The average Bonchev–Trinajstić information content (AvgIpc) is 2.20. The first-order valence-electron chi connectivity index (χ1n) is 5.84. The molecule has 1 saturated heterocycles. The lowest BCUT2D eigenvalue weighted by Gasteiger charge is -2.30. The zero-order chi connectivity index (χ0) is 11.8. The van der Waals surface area contributed by atoms with E-state index in [0.29, 0.717) is 12.3 Å². The normalized spacial score (nSPS) is 16.7. The molecule has 1 fully saturated rings. The van der Waals surface area contributed by atoms with Gasteiger partial charge in [0, 0.05) is 26.4 Å². The highest BCUT2D eigenvalue weighted by molar-refractivity contribution is 5.76. The molecule has 0 radical (unpaired) electrons. The van der Waals surface area contributed by atoms with E-state index in [9.17, 15) is 9.59 Å². The van der Waals surface area contributed by atoms with Crippen LogP contribution in [0.15, 0.2) is 0 Å². The number of Topliss-reactive ketones (excluding diaryl/α,β-unsaturated/α-hetero) is 1. The van der Waals surface area contributed by atoms with Gasteiger partial charge in [0.1, 0.15) is 5.78 Å². The Labute approximate surface area is 92.8 Å². The molecule has 0 saturated carbocycles. The molecule has 3 heteroatoms. The van der Waals surface area contributed by atoms with Crippen LogP contribution in [0.25, 0.3) is 0 Å². The van der Waals surface area contributed by atoms with Crippen LogP contribution in [0.3, 0.4) is 0 Å². The SMILES string of the molecule is CC.CC(=O)CC1CCN(C(C)=O)CC1. The monoisotopic (exact) mass is 213 g/mol. The first-order valence-corrected chi connectivity index (χ1v) is 5.84. The summed E-state index contributed by atoms with van der Waals surface area (Å²) >= 11 is 0. The average molecular weight is 213 g/mol. The van der Waals surface area contributed by atoms with E-state index in [1.165, 1.54) is 0 Å². The van der Waals surface area contributed by atoms with E-state index in [4.69, 9.17) is 0 Å². The van der Waals surface area contributed by atoms with Crippen molar-refractivity contribution in [2.75, 3.05) is 13.1 Å². The third kappa shape index (κ3) is 5.55. The number of piperidine rings is 1. The van der Waals surface area contributed by atoms with E-state index >= 15 is 0 Å². The van der Waals surface area contributed by atoms with Crippen molar-refractivity contribution in [1.82, 2.24) is 4.90 Å². The molecule has 0 bridgehead atoms. The van der Waals surface area contributed by atoms with Gasteiger partial charge in [-0.3, -0.25) is 4.79 Å². The molecule has 0 spiro atoms. The summed E-state index contributed by atoms with van der Waals surface area (Å²) in [7, 11) is 0. The lowest BCUT2D eigenvalue weighted by atomic mass is 9.92. The lowest BCUT2D eigenvalue weighted by molar-refractivity contribution is -0.130. The molecule has 0 N–H and O–H groups in total. The van der Waals surface area contributed by atoms with Crippen LogP contribution in [0.4, 0.5) is 0 Å². The maximum absolute atomic E-state index is 11.0. The first kappa shape index (κ1) is 14.1. The molecule has 88 valence electrons. The first-order chi connectivity index (χ1) is 7.09. The highest BCUT2D eigenvalue weighted by Crippen LogP contribution is 2.20. The second-order valence-electron chi connectivity index (χ2n) is 3.86. The van der Waals surface area contributed by atoms with Gasteiger partial charge in [-0.15, -0.1) is 0 Å². The maximum Gasteiger partial charge on any atom is 0.219 e. The van der Waals surface area contributed by atoms with Crippen LogP contribution >= 0.6 is 0 Å². The predicted octanol–water partition coefficient (Wildman–Crippen LogP) is 2.25. The third-order valence-corrected chi connectivity index (χ3v) is 2.64. The van der Waals surface area contributed by atoms with E-state index in [-0.39, 0.29) is 11.7 Å². The number of rotatable bonds is 2. The molecule has 1 aliphatic heterocycles. The van der Waals surface area contributed by atoms with Crippen LogP contribution in [-0.4, -0.2) is 29.7 Å². The number of carbonyl (C=O) groups is 2. The van der Waals surface area contributed by atoms with Gasteiger partial charge in [-0.05, 0) is 25.7 Å². The second kappa shape index (κ2) is 7.43. The van der Waals surface area contributed by atoms with Gasteiger partial charge in [0.25, 0.3) is 0 Å². The molecule has 15 heavy (non-hydrogen) atoms. The molecule has 1 heterocycles. The smallest absolute Gasteiger partial charge is 0.219 e. The van der Waals surface area contributed by atoms with E-state index in [1.807, 2.05) is 18.7 Å². The van der Waals surface area contributed by atoms with Crippen molar-refractivity contribution < 1.29 is 9.59 Å². The van der Waals surface area contributed by atoms with Crippen molar-refractivity contribution in [3.63, 3.8) is 0 Å². The Balaban J connectivity index is 0.000000921. The summed E-state index contributed by atoms with van der Waals surface area (Å²) in [4.78, 5) is 23.7. The zero-order valence-corrected chi connectivity index (χ0v) is 10.4. The fraction of sp³-hybridized carbons (Fsp3) is 0.833. The number of ketones is 1. The minimum atomic E-state index is 0.154. The van der Waals surface area contributed by atoms with Crippen molar-refractivity contribution in [3.8, 4) is 0 Å². The van der Waals surface area contributed by atoms with Crippen LogP contribution in [0.1, 0.15) is 47.0 Å². The number of likely N-dealkylation sites (tertiary alicyclic amines) is 1. The van der Waals surface area contributed by atoms with E-state index in [1.54, 1.807) is 13.8 Å². The molecule has 0 unspecified atom stereocenters. The highest BCUT2D eigenvalue weighted by Gasteiger charge is 2.21. The van der Waals surface area contributed by atoms with Crippen LogP contribution in [0.5, 0.6) is 0 Å². The molecule has 0 aromatic carbocycles. The fourth-order valence-electron chi connectivity index (χ4n) is 1.86. The highest BCUT2D eigenvalue weighted by atomic mass is 16.2. The summed E-state index contributed by atoms with van der Waals surface area (Å²) in [5.74, 6) is 0.927. The van der Waals surface area contributed by atoms with Crippen LogP contribution in [-0.2, 0) is 9.59 Å². The Morgan fingerprint density at radius 2 is 1.60 bits per heavy atom. The molecule has 1 aliphatic rings. The second-order valence-corrected chi connectivity index (χ2v) is 3.86. The van der Waals surface area contributed by atoms with Gasteiger partial charge in [0.05, 0.1) is 0 Å². The Kier molecular flexibility index (Phi) is 7.01. The van der Waals surface area contributed by atoms with E-state index in [2.05, 4.69) is 0 Å². The Morgan fingerprint density at radius 3 is 1.93 bits per heavy atom. The summed E-state index contributed by atoms with van der Waals surface area (Å²) in [5, 5.41) is 0. The number of amides is 1. The van der Waals surface area contributed by atoms with Crippen LogP contribution < -0.4 is 0 Å². The van der Waals surface area contributed by atoms with Crippen molar-refractivity contribution in [2.45, 2.75) is 47.0 Å². The number of nitrogens with zero attached hydrogens (tertiary/aromatic N) is 1. The van der Waals surface area contributed by atoms with Gasteiger partial charge in [-0.2, -0.15) is 0 Å². The molecule has 0 atom stereocenters. The molecular formula is C12H23NO2. The Hall–Kier alpha value is -0.860. The predicted molar refractivity (Wildman–Crippen MR) is 61.6 cm³/mol. The van der Waals surface area contributed by atoms with Crippen molar-refractivity contribution in [1.29, 1.82) is 0 Å². The number of hydrogen-bond acceptors (Lipinski definition) is 2. The molecule has 1 rings (SSSR count). The number of hydrogen-bond donors (Lipinski definition) is 0. The minimum Gasteiger partial charge on any atom is -0.343 e. The molecule has 0 aromatic rings. The molecule has 0 aliphatic carbocycles. The topological polar surface area (TPSA) is 37.4 Å². The van der Waals surface area contributed by atoms with Gasteiger partial charge in [-0.25, -0.2) is 0 Å². The minimum absolute atomic E-state index is 0.154. The van der Waals surface area contributed by atoms with Gasteiger partial charge in [0.15, 0.2) is 0 Å². The summed E-state index contributed by atoms with van der Waals surface area (Å²) in [5.41, 5.74) is 0. The number of carbonyl (C=O) groups excluding carboxylic acids is 2. The van der Waals surface area contributed by atoms with E-state index < -0.39 is 0 Å². The van der Waals surface area contributed by atoms with Gasteiger partial charge in [0.2, 0.25) is 5.91 Å².